The van der Waals surface area contributed by atoms with Crippen LogP contribution in [0.1, 0.15) is 5.56 Å². The molecular formula is C26H26N5O5S+. The molecule has 0 fully saturated rings. The lowest BCUT2D eigenvalue weighted by atomic mass is 10.2. The Morgan fingerprint density at radius 3 is 2.51 bits per heavy atom. The highest BCUT2D eigenvalue weighted by molar-refractivity contribution is 7.99. The number of aromatic amines is 1. The van der Waals surface area contributed by atoms with Gasteiger partial charge in [0.2, 0.25) is 0 Å². The van der Waals surface area contributed by atoms with E-state index in [0.29, 0.717) is 33.8 Å². The van der Waals surface area contributed by atoms with Crippen molar-refractivity contribution in [2.24, 2.45) is 5.10 Å². The highest BCUT2D eigenvalue weighted by Gasteiger charge is 2.25. The molecule has 0 saturated heterocycles. The number of nitrogens with zero attached hydrogens (tertiary/aromatic N) is 3. The number of ether oxygens (including phenoxy) is 3. The maximum atomic E-state index is 12.5. The van der Waals surface area contributed by atoms with Crippen LogP contribution in [0.2, 0.25) is 0 Å². The van der Waals surface area contributed by atoms with Gasteiger partial charge in [-0.05, 0) is 54.2 Å². The molecule has 3 aromatic carbocycles. The summed E-state index contributed by atoms with van der Waals surface area (Å²) in [7, 11) is 4.63. The number of hydrogen-bond acceptors (Lipinski definition) is 8. The Hall–Kier alpha value is -4.51. The van der Waals surface area contributed by atoms with Crippen LogP contribution in [-0.2, 0) is 4.79 Å². The zero-order chi connectivity index (χ0) is 26.2. The topological polar surface area (TPSA) is 122 Å². The zero-order valence-electron chi connectivity index (χ0n) is 20.5. The fraction of sp³-hybridized carbons (Fsp3) is 0.154. The van der Waals surface area contributed by atoms with E-state index in [0.717, 1.165) is 11.3 Å². The molecule has 11 heteroatoms. The van der Waals surface area contributed by atoms with Crippen LogP contribution in [0.5, 0.6) is 23.0 Å². The highest BCUT2D eigenvalue weighted by Crippen LogP contribution is 2.31. The van der Waals surface area contributed by atoms with E-state index in [9.17, 15) is 9.90 Å². The van der Waals surface area contributed by atoms with Gasteiger partial charge in [0.25, 0.3) is 11.7 Å². The summed E-state index contributed by atoms with van der Waals surface area (Å²) in [5.41, 5.74) is 4.59. The molecule has 0 saturated carbocycles. The van der Waals surface area contributed by atoms with Gasteiger partial charge in [-0.1, -0.05) is 24.3 Å². The molecule has 0 aliphatic rings. The smallest absolute Gasteiger partial charge is 0.342 e. The van der Waals surface area contributed by atoms with Crippen molar-refractivity contribution in [3.63, 3.8) is 0 Å². The van der Waals surface area contributed by atoms with Gasteiger partial charge in [0.05, 0.1) is 44.0 Å². The summed E-state index contributed by atoms with van der Waals surface area (Å²) in [6.07, 6.45) is 1.36. The number of phenols is 1. The maximum Gasteiger partial charge on any atom is 0.342 e. The second-order valence-corrected chi connectivity index (χ2v) is 8.52. The summed E-state index contributed by atoms with van der Waals surface area (Å²) in [5, 5.41) is 22.2. The predicted molar refractivity (Wildman–Crippen MR) is 140 cm³/mol. The molecule has 3 N–H and O–H groups in total. The van der Waals surface area contributed by atoms with E-state index in [-0.39, 0.29) is 17.4 Å². The summed E-state index contributed by atoms with van der Waals surface area (Å²) in [6, 6.07) is 20.3. The molecule has 0 spiro atoms. The summed E-state index contributed by atoms with van der Waals surface area (Å²) in [4.78, 5) is 12.5. The average Bonchev–Trinajstić information content (AvgIpc) is 3.37. The second kappa shape index (κ2) is 12.0. The number of phenolic OH excluding ortho intramolecular Hbond substituents is 1. The number of amides is 1. The number of hydrogen-bond donors (Lipinski definition) is 3. The van der Waals surface area contributed by atoms with E-state index in [1.807, 2.05) is 53.1 Å². The fourth-order valence-electron chi connectivity index (χ4n) is 3.53. The molecule has 0 atom stereocenters. The van der Waals surface area contributed by atoms with Gasteiger partial charge in [0, 0.05) is 5.56 Å². The monoisotopic (exact) mass is 520 g/mol. The standard InChI is InChI=1S/C26H25N5O5S/c1-34-20-13-12-17(14-22(20)36-3)25-29-30-26(31(25)19-9-5-4-6-10-19)37-16-23(32)28-27-15-18-8-7-11-21(35-2)24(18)33/h4-15H,16H2,1-3H3,(H2,27,28,32,33)/p+1. The minimum Gasteiger partial charge on any atom is -0.504 e. The van der Waals surface area contributed by atoms with Crippen molar-refractivity contribution in [2.45, 2.75) is 5.16 Å². The van der Waals surface area contributed by atoms with Crippen LogP contribution in [0.25, 0.3) is 17.1 Å². The van der Waals surface area contributed by atoms with Crippen molar-refractivity contribution in [3.8, 4) is 40.1 Å². The summed E-state index contributed by atoms with van der Waals surface area (Å²) < 4.78 is 17.8. The molecule has 37 heavy (non-hydrogen) atoms. The second-order valence-electron chi connectivity index (χ2n) is 7.58. The van der Waals surface area contributed by atoms with Crippen LogP contribution in [-0.4, -0.2) is 54.5 Å². The van der Waals surface area contributed by atoms with Crippen molar-refractivity contribution in [1.82, 2.24) is 15.6 Å². The largest absolute Gasteiger partial charge is 0.504 e. The molecule has 1 amide bonds. The van der Waals surface area contributed by atoms with Crippen LogP contribution in [0.3, 0.4) is 0 Å². The van der Waals surface area contributed by atoms with E-state index in [4.69, 9.17) is 14.2 Å². The maximum absolute atomic E-state index is 12.5. The number of thioether (sulfide) groups is 1. The summed E-state index contributed by atoms with van der Waals surface area (Å²) >= 11 is 1.25. The van der Waals surface area contributed by atoms with Crippen molar-refractivity contribution < 1.29 is 28.7 Å². The minimum absolute atomic E-state index is 0.0551. The SMILES string of the molecule is COc1ccc(-c2[nH]nc(SCC(=O)NN=Cc3cccc(OC)c3O)[n+]2-c2ccccc2)cc1OC. The molecule has 4 rings (SSSR count). The quantitative estimate of drug-likeness (QED) is 0.127. The molecule has 0 bridgehead atoms. The third-order valence-corrected chi connectivity index (χ3v) is 6.26. The lowest BCUT2D eigenvalue weighted by Gasteiger charge is -2.09. The molecule has 190 valence electrons. The van der Waals surface area contributed by atoms with E-state index in [1.165, 1.54) is 25.1 Å². The third kappa shape index (κ3) is 5.84. The van der Waals surface area contributed by atoms with Gasteiger partial charge >= 0.3 is 5.16 Å². The highest BCUT2D eigenvalue weighted by atomic mass is 32.2. The lowest BCUT2D eigenvalue weighted by Crippen LogP contribution is -2.34. The molecule has 0 unspecified atom stereocenters. The molecule has 1 heterocycles. The van der Waals surface area contributed by atoms with Gasteiger partial charge in [-0.3, -0.25) is 4.79 Å². The van der Waals surface area contributed by atoms with Gasteiger partial charge in [0.15, 0.2) is 23.0 Å². The van der Waals surface area contributed by atoms with Crippen molar-refractivity contribution in [3.05, 3.63) is 72.3 Å². The number of aromatic hydroxyl groups is 1. The lowest BCUT2D eigenvalue weighted by molar-refractivity contribution is -0.625. The van der Waals surface area contributed by atoms with Gasteiger partial charge in [0.1, 0.15) is 5.69 Å². The van der Waals surface area contributed by atoms with Gasteiger partial charge in [-0.15, -0.1) is 5.10 Å². The van der Waals surface area contributed by atoms with Crippen LogP contribution in [0.15, 0.2) is 77.0 Å². The average molecular weight is 521 g/mol. The van der Waals surface area contributed by atoms with Crippen LogP contribution in [0, 0.1) is 0 Å². The Morgan fingerprint density at radius 2 is 1.78 bits per heavy atom. The van der Waals surface area contributed by atoms with E-state index < -0.39 is 0 Å². The Morgan fingerprint density at radius 1 is 1.03 bits per heavy atom. The number of aromatic nitrogens is 3. The number of methoxy groups -OCH3 is 3. The fourth-order valence-corrected chi connectivity index (χ4v) is 4.29. The van der Waals surface area contributed by atoms with Gasteiger partial charge < -0.3 is 19.3 Å². The van der Waals surface area contributed by atoms with Crippen LogP contribution >= 0.6 is 11.8 Å². The number of H-pyrrole nitrogens is 1. The first-order chi connectivity index (χ1) is 18.0. The predicted octanol–water partition coefficient (Wildman–Crippen LogP) is 3.33. The van der Waals surface area contributed by atoms with Crippen LogP contribution < -0.4 is 24.2 Å². The number of rotatable bonds is 10. The Bertz CT molecular complexity index is 1410. The zero-order valence-corrected chi connectivity index (χ0v) is 21.3. The molecule has 0 radical (unpaired) electrons. The first-order valence-corrected chi connectivity index (χ1v) is 12.1. The van der Waals surface area contributed by atoms with Crippen molar-refractivity contribution >= 4 is 23.9 Å². The number of benzene rings is 3. The van der Waals surface area contributed by atoms with Gasteiger partial charge in [-0.2, -0.15) is 9.67 Å². The molecule has 10 nitrogen and oxygen atoms in total. The molecule has 4 aromatic rings. The van der Waals surface area contributed by atoms with E-state index in [2.05, 4.69) is 20.7 Å². The van der Waals surface area contributed by atoms with Crippen molar-refractivity contribution in [1.29, 1.82) is 0 Å². The number of carbonyl (C=O) groups excluding carboxylic acids is 1. The third-order valence-electron chi connectivity index (χ3n) is 5.32. The Kier molecular flexibility index (Phi) is 8.26. The number of nitrogens with one attached hydrogen (secondary N) is 2. The van der Waals surface area contributed by atoms with Gasteiger partial charge in [-0.25, -0.2) is 5.43 Å². The normalized spacial score (nSPS) is 10.9. The van der Waals surface area contributed by atoms with E-state index >= 15 is 0 Å². The molecular weight excluding hydrogens is 494 g/mol. The van der Waals surface area contributed by atoms with Crippen molar-refractivity contribution in [2.75, 3.05) is 27.1 Å². The van der Waals surface area contributed by atoms with E-state index in [1.54, 1.807) is 32.4 Å². The molecule has 0 aliphatic carbocycles. The Labute approximate surface area is 217 Å². The summed E-state index contributed by atoms with van der Waals surface area (Å²) in [5.74, 6) is 1.90. The number of para-hydroxylation sites is 2. The Balaban J connectivity index is 1.53. The number of hydrazone groups is 1. The minimum atomic E-state index is -0.334. The first-order valence-electron chi connectivity index (χ1n) is 11.1. The van der Waals surface area contributed by atoms with Crippen LogP contribution in [0.4, 0.5) is 0 Å². The first kappa shape index (κ1) is 25.6. The number of carbonyl (C=O) groups is 1. The molecule has 0 aliphatic heterocycles. The molecule has 1 aromatic heterocycles. The summed E-state index contributed by atoms with van der Waals surface area (Å²) in [6.45, 7) is 0.